The molecule has 0 fully saturated rings. The van der Waals surface area contributed by atoms with Gasteiger partial charge in [0.1, 0.15) is 31.2 Å². The first-order chi connectivity index (χ1) is 17.6. The van der Waals surface area contributed by atoms with Crippen LogP contribution in [0.15, 0.2) is 73.3 Å². The predicted octanol–water partition coefficient (Wildman–Crippen LogP) is 2.04. The molecule has 2 aromatic carbocycles. The van der Waals surface area contributed by atoms with Crippen molar-refractivity contribution >= 4 is 29.0 Å². The molecule has 4 aromatic rings. The van der Waals surface area contributed by atoms with Crippen molar-refractivity contribution in [3.63, 3.8) is 0 Å². The zero-order chi connectivity index (χ0) is 25.2. The Bertz CT molecular complexity index is 1280. The van der Waals surface area contributed by atoms with Crippen LogP contribution in [0, 0.1) is 0 Å². The van der Waals surface area contributed by atoms with Crippen LogP contribution in [0.5, 0.6) is 0 Å². The van der Waals surface area contributed by atoms with E-state index in [1.165, 1.54) is 6.33 Å². The number of carbonyl (C=O) groups excluding carboxylic acids is 2. The van der Waals surface area contributed by atoms with Gasteiger partial charge in [0.15, 0.2) is 11.5 Å². The summed E-state index contributed by atoms with van der Waals surface area (Å²) < 4.78 is 12.6. The molecular weight excluding hydrogens is 462 g/mol. The van der Waals surface area contributed by atoms with E-state index in [9.17, 15) is 9.59 Å². The van der Waals surface area contributed by atoms with Crippen molar-refractivity contribution < 1.29 is 19.1 Å². The number of carbonyl (C=O) groups is 2. The average Bonchev–Trinajstić information content (AvgIpc) is 3.32. The van der Waals surface area contributed by atoms with Crippen LogP contribution in [0.2, 0.25) is 0 Å². The number of nitrogens with zero attached hydrogens (tertiary/aromatic N) is 4. The third-order valence-corrected chi connectivity index (χ3v) is 5.31. The number of imidazole rings is 1. The minimum atomic E-state index is -0.812. The lowest BCUT2D eigenvalue weighted by atomic mass is 10.1. The van der Waals surface area contributed by atoms with Gasteiger partial charge in [-0.05, 0) is 11.1 Å². The van der Waals surface area contributed by atoms with Gasteiger partial charge in [0.25, 0.3) is 0 Å². The van der Waals surface area contributed by atoms with Gasteiger partial charge >= 0.3 is 6.09 Å². The number of benzene rings is 2. The highest BCUT2D eigenvalue weighted by Gasteiger charge is 2.22. The topological polar surface area (TPSA) is 146 Å². The highest BCUT2D eigenvalue weighted by atomic mass is 16.5. The van der Waals surface area contributed by atoms with E-state index in [-0.39, 0.29) is 32.4 Å². The molecule has 36 heavy (non-hydrogen) atoms. The molecule has 0 unspecified atom stereocenters. The van der Waals surface area contributed by atoms with Crippen LogP contribution < -0.4 is 16.4 Å². The van der Waals surface area contributed by atoms with Crippen LogP contribution in [0.3, 0.4) is 0 Å². The van der Waals surface area contributed by atoms with Gasteiger partial charge in [-0.1, -0.05) is 60.7 Å². The van der Waals surface area contributed by atoms with Crippen molar-refractivity contribution in [2.75, 3.05) is 18.9 Å². The molecule has 0 bridgehead atoms. The summed E-state index contributed by atoms with van der Waals surface area (Å²) in [6.45, 7) is 0.775. The molecule has 0 aliphatic rings. The number of fused-ring (bicyclic) bond motifs is 1. The van der Waals surface area contributed by atoms with E-state index in [0.29, 0.717) is 23.4 Å². The van der Waals surface area contributed by atoms with Crippen molar-refractivity contribution in [1.29, 1.82) is 0 Å². The van der Waals surface area contributed by atoms with Gasteiger partial charge in [0.2, 0.25) is 5.91 Å². The number of nitrogens with two attached hydrogens (primary N) is 1. The smallest absolute Gasteiger partial charge is 0.408 e. The van der Waals surface area contributed by atoms with E-state index in [4.69, 9.17) is 15.2 Å². The Labute approximate surface area is 207 Å². The number of alkyl carbamates (subject to hydrolysis) is 1. The van der Waals surface area contributed by atoms with E-state index in [1.807, 2.05) is 60.7 Å². The lowest BCUT2D eigenvalue weighted by Gasteiger charge is -2.18. The summed E-state index contributed by atoms with van der Waals surface area (Å²) in [6.07, 6.45) is 2.57. The summed E-state index contributed by atoms with van der Waals surface area (Å²) in [4.78, 5) is 37.5. The molecule has 11 nitrogen and oxygen atoms in total. The third-order valence-electron chi connectivity index (χ3n) is 5.31. The van der Waals surface area contributed by atoms with Crippen LogP contribution in [0.1, 0.15) is 11.1 Å². The van der Waals surface area contributed by atoms with Crippen LogP contribution >= 0.6 is 0 Å². The number of hydrogen-bond acceptors (Lipinski definition) is 8. The SMILES string of the molecule is Nc1ncnc2c1ncn2COCCNC(=O)[C@H](Cc1ccccc1)NC(=O)OCc1ccccc1. The first-order valence-electron chi connectivity index (χ1n) is 11.4. The van der Waals surface area contributed by atoms with E-state index < -0.39 is 12.1 Å². The highest BCUT2D eigenvalue weighted by Crippen LogP contribution is 2.13. The molecule has 2 amide bonds. The number of nitrogens with one attached hydrogen (secondary N) is 2. The minimum absolute atomic E-state index is 0.111. The summed E-state index contributed by atoms with van der Waals surface area (Å²) in [7, 11) is 0. The Morgan fingerprint density at radius 1 is 0.972 bits per heavy atom. The molecule has 186 valence electrons. The van der Waals surface area contributed by atoms with Crippen molar-refractivity contribution in [1.82, 2.24) is 30.2 Å². The summed E-state index contributed by atoms with van der Waals surface area (Å²) in [5, 5.41) is 5.48. The summed E-state index contributed by atoms with van der Waals surface area (Å²) in [5.74, 6) is -0.0435. The Hall–Kier alpha value is -4.51. The molecule has 0 saturated heterocycles. The van der Waals surface area contributed by atoms with Crippen molar-refractivity contribution in [3.8, 4) is 0 Å². The average molecular weight is 490 g/mol. The Kier molecular flexibility index (Phi) is 8.39. The normalized spacial score (nSPS) is 11.7. The van der Waals surface area contributed by atoms with Gasteiger partial charge in [-0.25, -0.2) is 19.7 Å². The van der Waals surface area contributed by atoms with Crippen molar-refractivity contribution in [2.45, 2.75) is 25.8 Å². The maximum absolute atomic E-state index is 12.9. The highest BCUT2D eigenvalue weighted by molar-refractivity contribution is 5.86. The summed E-state index contributed by atoms with van der Waals surface area (Å²) in [6, 6.07) is 18.0. The molecule has 0 spiro atoms. The Morgan fingerprint density at radius 2 is 1.69 bits per heavy atom. The number of nitrogen functional groups attached to an aromatic ring is 1. The van der Waals surface area contributed by atoms with Gasteiger partial charge in [0.05, 0.1) is 12.9 Å². The fraction of sp³-hybridized carbons (Fsp3) is 0.240. The number of aromatic nitrogens is 4. The van der Waals surface area contributed by atoms with E-state index in [0.717, 1.165) is 11.1 Å². The predicted molar refractivity (Wildman–Crippen MR) is 132 cm³/mol. The molecule has 11 heteroatoms. The molecule has 0 saturated carbocycles. The van der Waals surface area contributed by atoms with Gasteiger partial charge in [-0.15, -0.1) is 0 Å². The van der Waals surface area contributed by atoms with E-state index >= 15 is 0 Å². The zero-order valence-corrected chi connectivity index (χ0v) is 19.5. The second kappa shape index (κ2) is 12.3. The quantitative estimate of drug-likeness (QED) is 0.271. The first kappa shape index (κ1) is 24.6. The number of hydrogen-bond donors (Lipinski definition) is 3. The molecular formula is C25H27N7O4. The fourth-order valence-electron chi connectivity index (χ4n) is 3.49. The second-order valence-electron chi connectivity index (χ2n) is 7.92. The van der Waals surface area contributed by atoms with Gasteiger partial charge in [-0.3, -0.25) is 9.36 Å². The van der Waals surface area contributed by atoms with Crippen molar-refractivity contribution in [2.24, 2.45) is 0 Å². The van der Waals surface area contributed by atoms with Gasteiger partial charge < -0.3 is 25.8 Å². The standard InChI is InChI=1S/C25H27N7O4/c26-22-21-23(29-15-28-22)32(16-30-21)17-35-12-11-27-24(33)20(13-18-7-3-1-4-8-18)31-25(34)36-14-19-9-5-2-6-10-19/h1-10,15-16,20H,11-14,17H2,(H,27,33)(H,31,34)(H2,26,28,29)/t20-/m0/s1. The number of rotatable bonds is 11. The number of ether oxygens (including phenoxy) is 2. The van der Waals surface area contributed by atoms with Gasteiger partial charge in [0, 0.05) is 13.0 Å². The summed E-state index contributed by atoms with van der Waals surface area (Å²) >= 11 is 0. The lowest BCUT2D eigenvalue weighted by molar-refractivity contribution is -0.123. The van der Waals surface area contributed by atoms with Crippen LogP contribution in [-0.2, 0) is 34.0 Å². The largest absolute Gasteiger partial charge is 0.445 e. The monoisotopic (exact) mass is 489 g/mol. The molecule has 1 atom stereocenters. The van der Waals surface area contributed by atoms with Crippen molar-refractivity contribution in [3.05, 3.63) is 84.4 Å². The number of anilines is 1. The molecule has 2 heterocycles. The maximum Gasteiger partial charge on any atom is 0.408 e. The van der Waals surface area contributed by atoms with Crippen LogP contribution in [0.25, 0.3) is 11.2 Å². The summed E-state index contributed by atoms with van der Waals surface area (Å²) in [5.41, 5.74) is 8.62. The Balaban J connectivity index is 1.27. The van der Waals surface area contributed by atoms with E-state index in [1.54, 1.807) is 10.9 Å². The zero-order valence-electron chi connectivity index (χ0n) is 19.5. The molecule has 0 aliphatic heterocycles. The molecule has 4 N–H and O–H groups in total. The molecule has 0 radical (unpaired) electrons. The lowest BCUT2D eigenvalue weighted by Crippen LogP contribution is -2.48. The minimum Gasteiger partial charge on any atom is -0.445 e. The number of amides is 2. The van der Waals surface area contributed by atoms with Crippen LogP contribution in [0.4, 0.5) is 10.6 Å². The first-order valence-corrected chi connectivity index (χ1v) is 11.4. The molecule has 4 rings (SSSR count). The van der Waals surface area contributed by atoms with Gasteiger partial charge in [-0.2, -0.15) is 0 Å². The third kappa shape index (κ3) is 6.76. The molecule has 2 aromatic heterocycles. The Morgan fingerprint density at radius 3 is 2.44 bits per heavy atom. The van der Waals surface area contributed by atoms with E-state index in [2.05, 4.69) is 25.6 Å². The van der Waals surface area contributed by atoms with Crippen LogP contribution in [-0.4, -0.2) is 50.7 Å². The molecule has 0 aliphatic carbocycles. The fourth-order valence-corrected chi connectivity index (χ4v) is 3.49. The maximum atomic E-state index is 12.9. The second-order valence-corrected chi connectivity index (χ2v) is 7.92.